The van der Waals surface area contributed by atoms with Gasteiger partial charge in [-0.1, -0.05) is 11.6 Å². The summed E-state index contributed by atoms with van der Waals surface area (Å²) in [5.41, 5.74) is 7.46. The molecule has 2 aromatic heterocycles. The summed E-state index contributed by atoms with van der Waals surface area (Å²) in [5.74, 6) is 0.379. The van der Waals surface area contributed by atoms with Crippen LogP contribution in [-0.4, -0.2) is 35.1 Å². The first-order chi connectivity index (χ1) is 9.58. The summed E-state index contributed by atoms with van der Waals surface area (Å²) in [7, 11) is 1.65. The highest BCUT2D eigenvalue weighted by atomic mass is 35.5. The average molecular weight is 296 g/mol. The van der Waals surface area contributed by atoms with Gasteiger partial charge in [-0.25, -0.2) is 9.98 Å². The van der Waals surface area contributed by atoms with E-state index in [2.05, 4.69) is 15.3 Å². The number of halogens is 1. The lowest BCUT2D eigenvalue weighted by Crippen LogP contribution is -2.40. The van der Waals surface area contributed by atoms with Crippen LogP contribution >= 0.6 is 11.6 Å². The molecular formula is C13H18ClN5O. The number of hydrogen-bond acceptors (Lipinski definition) is 3. The molecule has 1 unspecified atom stereocenters. The van der Waals surface area contributed by atoms with Crippen LogP contribution in [0.2, 0.25) is 5.02 Å². The third-order valence-electron chi connectivity index (χ3n) is 2.69. The minimum absolute atomic E-state index is 0.114. The van der Waals surface area contributed by atoms with Crippen molar-refractivity contribution in [2.75, 3.05) is 13.7 Å². The quantitative estimate of drug-likeness (QED) is 0.646. The van der Waals surface area contributed by atoms with Gasteiger partial charge in [-0.15, -0.1) is 0 Å². The zero-order valence-electron chi connectivity index (χ0n) is 11.5. The molecule has 0 saturated heterocycles. The highest BCUT2D eigenvalue weighted by Gasteiger charge is 2.04. The van der Waals surface area contributed by atoms with Gasteiger partial charge in [0.2, 0.25) is 0 Å². The van der Waals surface area contributed by atoms with Gasteiger partial charge in [0.25, 0.3) is 0 Å². The van der Waals surface area contributed by atoms with E-state index in [1.165, 1.54) is 0 Å². The third-order valence-corrected chi connectivity index (χ3v) is 2.91. The smallest absolute Gasteiger partial charge is 0.189 e. The van der Waals surface area contributed by atoms with Crippen LogP contribution < -0.4 is 11.1 Å². The van der Waals surface area contributed by atoms with Crippen LogP contribution in [0.25, 0.3) is 5.65 Å². The Balaban J connectivity index is 2.01. The van der Waals surface area contributed by atoms with Crippen LogP contribution in [0.4, 0.5) is 0 Å². The number of methoxy groups -OCH3 is 1. The largest absolute Gasteiger partial charge is 0.383 e. The second kappa shape index (κ2) is 6.58. The molecular weight excluding hydrogens is 278 g/mol. The third kappa shape index (κ3) is 3.85. The van der Waals surface area contributed by atoms with Gasteiger partial charge in [0.1, 0.15) is 5.65 Å². The zero-order chi connectivity index (χ0) is 14.5. The lowest BCUT2D eigenvalue weighted by atomic mass is 10.4. The number of hydrogen-bond donors (Lipinski definition) is 2. The summed E-state index contributed by atoms with van der Waals surface area (Å²) in [6, 6.07) is 3.78. The van der Waals surface area contributed by atoms with Gasteiger partial charge in [0.15, 0.2) is 5.96 Å². The first-order valence-electron chi connectivity index (χ1n) is 6.27. The van der Waals surface area contributed by atoms with Crippen LogP contribution in [0, 0.1) is 0 Å². The molecule has 0 aliphatic heterocycles. The number of ether oxygens (including phenoxy) is 1. The number of guanidine groups is 1. The van der Waals surface area contributed by atoms with E-state index in [-0.39, 0.29) is 6.04 Å². The van der Waals surface area contributed by atoms with Crippen LogP contribution in [0.5, 0.6) is 0 Å². The molecule has 0 bridgehead atoms. The summed E-state index contributed by atoms with van der Waals surface area (Å²) >= 11 is 5.92. The topological polar surface area (TPSA) is 76.9 Å². The summed E-state index contributed by atoms with van der Waals surface area (Å²) in [6.45, 7) is 2.96. The van der Waals surface area contributed by atoms with Crippen molar-refractivity contribution in [1.29, 1.82) is 0 Å². The minimum Gasteiger partial charge on any atom is -0.383 e. The van der Waals surface area contributed by atoms with Crippen molar-refractivity contribution in [2.24, 2.45) is 10.7 Å². The molecule has 0 saturated carbocycles. The van der Waals surface area contributed by atoms with Crippen molar-refractivity contribution in [3.05, 3.63) is 35.2 Å². The molecule has 2 heterocycles. The zero-order valence-corrected chi connectivity index (χ0v) is 12.3. The van der Waals surface area contributed by atoms with Crippen molar-refractivity contribution in [3.63, 3.8) is 0 Å². The molecule has 6 nitrogen and oxygen atoms in total. The number of aliphatic imine (C=N–C) groups is 1. The van der Waals surface area contributed by atoms with E-state index < -0.39 is 0 Å². The summed E-state index contributed by atoms with van der Waals surface area (Å²) in [6.07, 6.45) is 3.69. The molecule has 108 valence electrons. The lowest BCUT2D eigenvalue weighted by molar-refractivity contribution is 0.179. The fourth-order valence-corrected chi connectivity index (χ4v) is 2.02. The van der Waals surface area contributed by atoms with E-state index in [9.17, 15) is 0 Å². The van der Waals surface area contributed by atoms with Gasteiger partial charge in [-0.3, -0.25) is 0 Å². The van der Waals surface area contributed by atoms with Crippen LogP contribution in [0.15, 0.2) is 29.5 Å². The first-order valence-corrected chi connectivity index (χ1v) is 6.65. The molecule has 0 spiro atoms. The molecule has 3 N–H and O–H groups in total. The predicted molar refractivity (Wildman–Crippen MR) is 80.0 cm³/mol. The standard InChI is InChI=1S/C13H18ClN5O/c1-9(8-20-2)17-13(15)16-5-11-7-19-6-10(14)3-4-12(19)18-11/h3-4,6-7,9H,5,8H2,1-2H3,(H3,15,16,17). The van der Waals surface area contributed by atoms with E-state index in [0.29, 0.717) is 24.1 Å². The predicted octanol–water partition coefficient (Wildman–Crippen LogP) is 1.43. The highest BCUT2D eigenvalue weighted by molar-refractivity contribution is 6.30. The van der Waals surface area contributed by atoms with Crippen molar-refractivity contribution in [2.45, 2.75) is 19.5 Å². The number of imidazole rings is 1. The molecule has 0 aliphatic carbocycles. The summed E-state index contributed by atoms with van der Waals surface area (Å²) < 4.78 is 6.88. The Labute approximate surface area is 122 Å². The first kappa shape index (κ1) is 14.6. The molecule has 7 heteroatoms. The van der Waals surface area contributed by atoms with Gasteiger partial charge in [0.05, 0.1) is 23.9 Å². The fourth-order valence-electron chi connectivity index (χ4n) is 1.85. The fraction of sp³-hybridized carbons (Fsp3) is 0.385. The van der Waals surface area contributed by atoms with Gasteiger partial charge < -0.3 is 20.2 Å². The number of nitrogens with zero attached hydrogens (tertiary/aromatic N) is 3. The van der Waals surface area contributed by atoms with E-state index in [1.54, 1.807) is 19.4 Å². The molecule has 0 aliphatic rings. The number of pyridine rings is 1. The van der Waals surface area contributed by atoms with E-state index >= 15 is 0 Å². The Morgan fingerprint density at radius 2 is 2.35 bits per heavy atom. The number of nitrogens with one attached hydrogen (secondary N) is 1. The minimum atomic E-state index is 0.114. The molecule has 0 amide bonds. The van der Waals surface area contributed by atoms with Crippen molar-refractivity contribution in [3.8, 4) is 0 Å². The molecule has 0 aromatic carbocycles. The van der Waals surface area contributed by atoms with Gasteiger partial charge in [-0.2, -0.15) is 0 Å². The number of fused-ring (bicyclic) bond motifs is 1. The Hall–Kier alpha value is -1.79. The Morgan fingerprint density at radius 3 is 3.10 bits per heavy atom. The van der Waals surface area contributed by atoms with Crippen molar-refractivity contribution in [1.82, 2.24) is 14.7 Å². The maximum absolute atomic E-state index is 5.92. The Kier molecular flexibility index (Phi) is 4.81. The van der Waals surface area contributed by atoms with Gasteiger partial charge in [0, 0.05) is 25.5 Å². The van der Waals surface area contributed by atoms with E-state index in [1.807, 2.05) is 23.6 Å². The van der Waals surface area contributed by atoms with Crippen LogP contribution in [0.1, 0.15) is 12.6 Å². The molecule has 0 radical (unpaired) electrons. The second-order valence-corrected chi connectivity index (χ2v) is 4.98. The Morgan fingerprint density at radius 1 is 1.55 bits per heavy atom. The summed E-state index contributed by atoms with van der Waals surface area (Å²) in [4.78, 5) is 8.68. The monoisotopic (exact) mass is 295 g/mol. The molecule has 2 aromatic rings. The molecule has 0 fully saturated rings. The molecule has 2 rings (SSSR count). The van der Waals surface area contributed by atoms with Crippen molar-refractivity contribution >= 4 is 23.2 Å². The second-order valence-electron chi connectivity index (χ2n) is 4.55. The van der Waals surface area contributed by atoms with Crippen molar-refractivity contribution < 1.29 is 4.74 Å². The maximum atomic E-state index is 5.92. The highest BCUT2D eigenvalue weighted by Crippen LogP contribution is 2.12. The molecule has 1 atom stereocenters. The van der Waals surface area contributed by atoms with Gasteiger partial charge >= 0.3 is 0 Å². The number of rotatable bonds is 5. The van der Waals surface area contributed by atoms with Crippen LogP contribution in [0.3, 0.4) is 0 Å². The number of nitrogens with two attached hydrogens (primary N) is 1. The normalized spacial score (nSPS) is 13.7. The van der Waals surface area contributed by atoms with E-state index in [4.69, 9.17) is 22.1 Å². The number of aromatic nitrogens is 2. The average Bonchev–Trinajstić information content (AvgIpc) is 2.78. The van der Waals surface area contributed by atoms with Crippen LogP contribution in [-0.2, 0) is 11.3 Å². The van der Waals surface area contributed by atoms with Gasteiger partial charge in [-0.05, 0) is 19.1 Å². The summed E-state index contributed by atoms with van der Waals surface area (Å²) in [5, 5.41) is 3.71. The lowest BCUT2D eigenvalue weighted by Gasteiger charge is -2.12. The Bertz CT molecular complexity index is 610. The van der Waals surface area contributed by atoms with E-state index in [0.717, 1.165) is 11.3 Å². The SMILES string of the molecule is COCC(C)NC(N)=NCc1cn2cc(Cl)ccc2n1. The molecule has 20 heavy (non-hydrogen) atoms. The maximum Gasteiger partial charge on any atom is 0.189 e.